The molecule has 5 nitrogen and oxygen atoms in total. The summed E-state index contributed by atoms with van der Waals surface area (Å²) in [4.78, 5) is 26.6. The molecular weight excluding hydrogens is 346 g/mol. The van der Waals surface area contributed by atoms with Gasteiger partial charge >= 0.3 is 0 Å². The van der Waals surface area contributed by atoms with Crippen LogP contribution in [0, 0.1) is 5.92 Å². The van der Waals surface area contributed by atoms with Crippen LogP contribution in [-0.2, 0) is 13.1 Å². The van der Waals surface area contributed by atoms with Crippen LogP contribution in [0.1, 0.15) is 34.0 Å². The van der Waals surface area contributed by atoms with Crippen molar-refractivity contribution in [2.75, 3.05) is 19.3 Å². The molecule has 136 valence electrons. The molecule has 0 aliphatic carbocycles. The van der Waals surface area contributed by atoms with Gasteiger partial charge in [0.15, 0.2) is 0 Å². The number of aromatic nitrogens is 1. The molecule has 0 saturated carbocycles. The van der Waals surface area contributed by atoms with Crippen molar-refractivity contribution >= 4 is 17.7 Å². The number of benzene rings is 1. The summed E-state index contributed by atoms with van der Waals surface area (Å²) in [6.07, 6.45) is 3.16. The number of pyridine rings is 1. The molecule has 2 bridgehead atoms. The Morgan fingerprint density at radius 3 is 2.81 bits per heavy atom. The lowest BCUT2D eigenvalue weighted by molar-refractivity contribution is 0.0948. The second-order valence-corrected chi connectivity index (χ2v) is 7.95. The van der Waals surface area contributed by atoms with Crippen molar-refractivity contribution in [2.45, 2.75) is 30.3 Å². The minimum atomic E-state index is -0.298. The Labute approximate surface area is 157 Å². The van der Waals surface area contributed by atoms with Gasteiger partial charge < -0.3 is 15.2 Å². The van der Waals surface area contributed by atoms with E-state index in [1.54, 1.807) is 17.8 Å². The van der Waals surface area contributed by atoms with E-state index in [1.165, 1.54) is 4.90 Å². The van der Waals surface area contributed by atoms with Crippen molar-refractivity contribution in [3.63, 3.8) is 0 Å². The van der Waals surface area contributed by atoms with Crippen molar-refractivity contribution in [3.05, 3.63) is 63.6 Å². The van der Waals surface area contributed by atoms with Gasteiger partial charge in [-0.2, -0.15) is 0 Å². The number of hydrogen-bond acceptors (Lipinski definition) is 4. The van der Waals surface area contributed by atoms with Crippen molar-refractivity contribution in [2.24, 2.45) is 5.92 Å². The van der Waals surface area contributed by atoms with Gasteiger partial charge in [0.25, 0.3) is 11.5 Å². The molecule has 1 saturated heterocycles. The highest BCUT2D eigenvalue weighted by molar-refractivity contribution is 7.98. The minimum absolute atomic E-state index is 0.158. The highest BCUT2D eigenvalue weighted by atomic mass is 32.2. The van der Waals surface area contributed by atoms with Crippen LogP contribution < -0.4 is 16.2 Å². The molecule has 1 amide bonds. The Bertz CT molecular complexity index is 876. The molecule has 3 heterocycles. The number of amides is 1. The zero-order valence-corrected chi connectivity index (χ0v) is 15.6. The average Bonchev–Trinajstić information content (AvgIpc) is 2.67. The second-order valence-electron chi connectivity index (χ2n) is 7.08. The summed E-state index contributed by atoms with van der Waals surface area (Å²) in [6, 6.07) is 11.7. The average molecular weight is 369 g/mol. The van der Waals surface area contributed by atoms with Gasteiger partial charge in [-0.05, 0) is 55.0 Å². The molecule has 2 aliphatic rings. The van der Waals surface area contributed by atoms with Crippen molar-refractivity contribution in [1.82, 2.24) is 15.2 Å². The first kappa shape index (κ1) is 17.4. The molecule has 2 atom stereocenters. The monoisotopic (exact) mass is 369 g/mol. The van der Waals surface area contributed by atoms with E-state index in [0.717, 1.165) is 30.8 Å². The number of nitrogens with one attached hydrogen (secondary N) is 2. The summed E-state index contributed by atoms with van der Waals surface area (Å²) in [5.41, 5.74) is 2.16. The molecule has 26 heavy (non-hydrogen) atoms. The molecule has 2 aliphatic heterocycles. The maximum atomic E-state index is 12.9. The van der Waals surface area contributed by atoms with Gasteiger partial charge in [-0.15, -0.1) is 11.8 Å². The van der Waals surface area contributed by atoms with E-state index < -0.39 is 0 Å². The van der Waals surface area contributed by atoms with Crippen LogP contribution in [0.3, 0.4) is 0 Å². The summed E-state index contributed by atoms with van der Waals surface area (Å²) in [5, 5.41) is 6.31. The van der Waals surface area contributed by atoms with E-state index >= 15 is 0 Å². The zero-order chi connectivity index (χ0) is 18.1. The molecule has 2 N–H and O–H groups in total. The first-order chi connectivity index (χ1) is 12.7. The van der Waals surface area contributed by atoms with E-state index in [1.807, 2.05) is 41.2 Å². The largest absolute Gasteiger partial charge is 0.348 e. The molecule has 1 aromatic carbocycles. The topological polar surface area (TPSA) is 63.1 Å². The lowest BCUT2D eigenvalue weighted by Gasteiger charge is -2.37. The summed E-state index contributed by atoms with van der Waals surface area (Å²) in [5.74, 6) is 0.558. The SMILES string of the molecule is CSc1ccc(CNC(=O)c2ccc3n(c2=O)C[C@@H]2CNC[C@H]3C2)cc1. The lowest BCUT2D eigenvalue weighted by Crippen LogP contribution is -2.46. The number of carbonyl (C=O) groups is 1. The smallest absolute Gasteiger partial charge is 0.263 e. The van der Waals surface area contributed by atoms with Crippen molar-refractivity contribution in [3.8, 4) is 0 Å². The van der Waals surface area contributed by atoms with Gasteiger partial charge in [0.1, 0.15) is 5.56 Å². The molecule has 1 aromatic heterocycles. The van der Waals surface area contributed by atoms with Crippen LogP contribution in [0.2, 0.25) is 0 Å². The van der Waals surface area contributed by atoms with Gasteiger partial charge in [-0.3, -0.25) is 9.59 Å². The third kappa shape index (κ3) is 3.31. The van der Waals surface area contributed by atoms with Crippen LogP contribution in [-0.4, -0.2) is 29.8 Å². The third-order valence-corrected chi connectivity index (χ3v) is 6.11. The highest BCUT2D eigenvalue weighted by Gasteiger charge is 2.31. The van der Waals surface area contributed by atoms with E-state index in [0.29, 0.717) is 24.9 Å². The summed E-state index contributed by atoms with van der Waals surface area (Å²) >= 11 is 1.68. The fourth-order valence-electron chi connectivity index (χ4n) is 3.98. The zero-order valence-electron chi connectivity index (χ0n) is 14.8. The van der Waals surface area contributed by atoms with Crippen LogP contribution in [0.4, 0.5) is 0 Å². The maximum Gasteiger partial charge on any atom is 0.263 e. The van der Waals surface area contributed by atoms with Gasteiger partial charge in [0.05, 0.1) is 0 Å². The predicted octanol–water partition coefficient (Wildman–Crippen LogP) is 2.21. The number of fused-ring (bicyclic) bond motifs is 4. The molecule has 0 spiro atoms. The van der Waals surface area contributed by atoms with Gasteiger partial charge in [0, 0.05) is 36.1 Å². The Morgan fingerprint density at radius 2 is 2.04 bits per heavy atom. The fourth-order valence-corrected chi connectivity index (χ4v) is 4.39. The Balaban J connectivity index is 1.51. The van der Waals surface area contributed by atoms with Crippen molar-refractivity contribution in [1.29, 1.82) is 0 Å². The molecule has 0 unspecified atom stereocenters. The quantitative estimate of drug-likeness (QED) is 0.811. The first-order valence-corrected chi connectivity index (χ1v) is 10.2. The normalized spacial score (nSPS) is 21.1. The Kier molecular flexibility index (Phi) is 4.87. The van der Waals surface area contributed by atoms with E-state index in [4.69, 9.17) is 0 Å². The van der Waals surface area contributed by atoms with Crippen LogP contribution in [0.15, 0.2) is 46.1 Å². The first-order valence-electron chi connectivity index (χ1n) is 9.01. The Morgan fingerprint density at radius 1 is 1.23 bits per heavy atom. The lowest BCUT2D eigenvalue weighted by atomic mass is 9.84. The van der Waals surface area contributed by atoms with Gasteiger partial charge in [0.2, 0.25) is 0 Å². The van der Waals surface area contributed by atoms with Gasteiger partial charge in [-0.25, -0.2) is 0 Å². The number of piperidine rings is 1. The Hall–Kier alpha value is -2.05. The van der Waals surface area contributed by atoms with Crippen LogP contribution >= 0.6 is 11.8 Å². The summed E-state index contributed by atoms with van der Waals surface area (Å²) in [7, 11) is 0. The third-order valence-electron chi connectivity index (χ3n) is 5.37. The van der Waals surface area contributed by atoms with E-state index in [2.05, 4.69) is 10.6 Å². The minimum Gasteiger partial charge on any atom is -0.348 e. The van der Waals surface area contributed by atoms with Crippen molar-refractivity contribution < 1.29 is 4.79 Å². The molecule has 0 radical (unpaired) electrons. The summed E-state index contributed by atoms with van der Waals surface area (Å²) < 4.78 is 1.82. The van der Waals surface area contributed by atoms with E-state index in [-0.39, 0.29) is 17.0 Å². The molecular formula is C20H23N3O2S. The number of hydrogen-bond donors (Lipinski definition) is 2. The standard InChI is InChI=1S/C20H23N3O2S/c1-26-16-4-2-13(3-5-16)10-22-19(24)17-6-7-18-15-8-14(9-21-11-15)12-23(18)20(17)25/h2-7,14-15,21H,8-12H2,1H3,(H,22,24)/t14-,15+/m0/s1. The van der Waals surface area contributed by atoms with Crippen LogP contribution in [0.25, 0.3) is 0 Å². The number of carbonyl (C=O) groups excluding carboxylic acids is 1. The molecule has 1 fully saturated rings. The fraction of sp³-hybridized carbons (Fsp3) is 0.400. The molecule has 6 heteroatoms. The maximum absolute atomic E-state index is 12.9. The van der Waals surface area contributed by atoms with E-state index in [9.17, 15) is 9.59 Å². The van der Waals surface area contributed by atoms with Gasteiger partial charge in [-0.1, -0.05) is 12.1 Å². The molecule has 2 aromatic rings. The number of rotatable bonds is 4. The second kappa shape index (κ2) is 7.29. The predicted molar refractivity (Wildman–Crippen MR) is 104 cm³/mol. The molecule has 4 rings (SSSR count). The van der Waals surface area contributed by atoms with Crippen LogP contribution in [0.5, 0.6) is 0 Å². The highest BCUT2D eigenvalue weighted by Crippen LogP contribution is 2.31. The summed E-state index contributed by atoms with van der Waals surface area (Å²) in [6.45, 7) is 2.98. The number of thioether (sulfide) groups is 1. The number of nitrogens with zero attached hydrogens (tertiary/aromatic N) is 1.